The van der Waals surface area contributed by atoms with Crippen LogP contribution >= 0.6 is 0 Å². The Morgan fingerprint density at radius 2 is 2.07 bits per heavy atom. The van der Waals surface area contributed by atoms with Gasteiger partial charge in [-0.15, -0.1) is 0 Å². The van der Waals surface area contributed by atoms with Crippen LogP contribution in [0.15, 0.2) is 0 Å². The lowest BCUT2D eigenvalue weighted by Gasteiger charge is -2.12. The van der Waals surface area contributed by atoms with E-state index in [2.05, 4.69) is 5.32 Å². The molecule has 0 bridgehead atoms. The number of ether oxygens (including phenoxy) is 2. The molecule has 1 aliphatic carbocycles. The quantitative estimate of drug-likeness (QED) is 0.723. The van der Waals surface area contributed by atoms with Gasteiger partial charge in [0.1, 0.15) is 0 Å². The summed E-state index contributed by atoms with van der Waals surface area (Å²) in [4.78, 5) is 0. The molecule has 3 atom stereocenters. The Balaban J connectivity index is 1.37. The van der Waals surface area contributed by atoms with Gasteiger partial charge in [0.05, 0.1) is 25.4 Å². The van der Waals surface area contributed by atoms with Gasteiger partial charge in [0.15, 0.2) is 0 Å². The predicted octanol–water partition coefficient (Wildman–Crippen LogP) is 0.790. The van der Waals surface area contributed by atoms with Crippen LogP contribution in [0.25, 0.3) is 0 Å². The summed E-state index contributed by atoms with van der Waals surface area (Å²) in [5.74, 6) is 1.65. The van der Waals surface area contributed by atoms with Crippen molar-refractivity contribution in [2.75, 3.05) is 26.3 Å². The van der Waals surface area contributed by atoms with E-state index in [1.54, 1.807) is 0 Å². The van der Waals surface area contributed by atoms with Gasteiger partial charge >= 0.3 is 0 Å². The minimum Gasteiger partial charge on any atom is -0.378 e. The lowest BCUT2D eigenvalue weighted by atomic mass is 10.0. The molecule has 3 rings (SSSR count). The molecular formula is C11H19NO2. The molecule has 14 heavy (non-hydrogen) atoms. The van der Waals surface area contributed by atoms with Crippen molar-refractivity contribution in [1.29, 1.82) is 0 Å². The monoisotopic (exact) mass is 197 g/mol. The summed E-state index contributed by atoms with van der Waals surface area (Å²) in [7, 11) is 0. The van der Waals surface area contributed by atoms with E-state index in [9.17, 15) is 0 Å². The lowest BCUT2D eigenvalue weighted by molar-refractivity contribution is 0.0204. The molecule has 3 nitrogen and oxygen atoms in total. The average molecular weight is 197 g/mol. The Morgan fingerprint density at radius 3 is 2.86 bits per heavy atom. The maximum Gasteiger partial charge on any atom is 0.0863 e. The van der Waals surface area contributed by atoms with Gasteiger partial charge in [0.25, 0.3) is 0 Å². The van der Waals surface area contributed by atoms with Gasteiger partial charge in [-0.05, 0) is 31.7 Å². The van der Waals surface area contributed by atoms with Gasteiger partial charge < -0.3 is 14.8 Å². The Bertz CT molecular complexity index is 193. The molecule has 0 aromatic heterocycles. The third-order valence-corrected chi connectivity index (χ3v) is 3.57. The van der Waals surface area contributed by atoms with E-state index in [1.165, 1.54) is 25.8 Å². The second-order valence-electron chi connectivity index (χ2n) is 4.93. The van der Waals surface area contributed by atoms with E-state index < -0.39 is 0 Å². The Kier molecular flexibility index (Phi) is 2.48. The number of fused-ring (bicyclic) bond motifs is 1. The molecular weight excluding hydrogens is 178 g/mol. The van der Waals surface area contributed by atoms with Gasteiger partial charge in [-0.2, -0.15) is 0 Å². The Hall–Kier alpha value is -0.120. The molecule has 0 aromatic carbocycles. The van der Waals surface area contributed by atoms with E-state index >= 15 is 0 Å². The van der Waals surface area contributed by atoms with Crippen molar-refractivity contribution in [1.82, 2.24) is 5.32 Å². The van der Waals surface area contributed by atoms with Crippen LogP contribution in [0.2, 0.25) is 0 Å². The molecule has 2 saturated heterocycles. The van der Waals surface area contributed by atoms with Crippen molar-refractivity contribution >= 4 is 0 Å². The maximum absolute atomic E-state index is 5.90. The third-order valence-electron chi connectivity index (χ3n) is 3.57. The normalized spacial score (nSPS) is 41.6. The summed E-state index contributed by atoms with van der Waals surface area (Å²) in [5.41, 5.74) is 0. The summed E-state index contributed by atoms with van der Waals surface area (Å²) in [6, 6.07) is 0. The minimum absolute atomic E-state index is 0.405. The average Bonchev–Trinajstić information content (AvgIpc) is 2.73. The highest BCUT2D eigenvalue weighted by atomic mass is 16.6. The van der Waals surface area contributed by atoms with E-state index in [0.29, 0.717) is 18.1 Å². The number of rotatable bonds is 4. The van der Waals surface area contributed by atoms with Crippen molar-refractivity contribution in [3.8, 4) is 0 Å². The van der Waals surface area contributed by atoms with Gasteiger partial charge in [-0.3, -0.25) is 0 Å². The molecule has 3 aliphatic rings. The Labute approximate surface area is 85.1 Å². The van der Waals surface area contributed by atoms with E-state index in [0.717, 1.165) is 25.7 Å². The van der Waals surface area contributed by atoms with Crippen LogP contribution in [0.3, 0.4) is 0 Å². The second kappa shape index (κ2) is 3.80. The van der Waals surface area contributed by atoms with E-state index in [1.807, 2.05) is 0 Å². The summed E-state index contributed by atoms with van der Waals surface area (Å²) in [5, 5.41) is 3.51. The van der Waals surface area contributed by atoms with Crippen LogP contribution in [0.5, 0.6) is 0 Å². The molecule has 0 aromatic rings. The molecule has 3 heteroatoms. The highest BCUT2D eigenvalue weighted by Crippen LogP contribution is 2.31. The first-order chi connectivity index (χ1) is 6.92. The zero-order valence-corrected chi connectivity index (χ0v) is 8.58. The number of hydrogen-bond acceptors (Lipinski definition) is 3. The van der Waals surface area contributed by atoms with Gasteiger partial charge in [-0.25, -0.2) is 0 Å². The molecule has 0 spiro atoms. The van der Waals surface area contributed by atoms with E-state index in [-0.39, 0.29) is 0 Å². The molecule has 0 radical (unpaired) electrons. The molecule has 0 amide bonds. The van der Waals surface area contributed by atoms with Crippen LogP contribution in [0.1, 0.15) is 19.3 Å². The zero-order chi connectivity index (χ0) is 9.38. The fourth-order valence-electron chi connectivity index (χ4n) is 2.49. The van der Waals surface area contributed by atoms with Crippen LogP contribution < -0.4 is 5.32 Å². The fourth-order valence-corrected chi connectivity index (χ4v) is 2.49. The SMILES string of the molecule is C1CC1CNCC1C[C@H]2COC[C@H]2O1. The first-order valence-corrected chi connectivity index (χ1v) is 5.86. The molecule has 2 aliphatic heterocycles. The number of hydrogen-bond donors (Lipinski definition) is 1. The Morgan fingerprint density at radius 1 is 1.14 bits per heavy atom. The highest BCUT2D eigenvalue weighted by molar-refractivity contribution is 4.87. The first-order valence-electron chi connectivity index (χ1n) is 5.86. The third kappa shape index (κ3) is 1.95. The molecule has 80 valence electrons. The van der Waals surface area contributed by atoms with Gasteiger partial charge in [0.2, 0.25) is 0 Å². The minimum atomic E-state index is 0.405. The topological polar surface area (TPSA) is 30.5 Å². The van der Waals surface area contributed by atoms with Crippen molar-refractivity contribution < 1.29 is 9.47 Å². The molecule has 1 saturated carbocycles. The lowest BCUT2D eigenvalue weighted by Crippen LogP contribution is -2.29. The fraction of sp³-hybridized carbons (Fsp3) is 1.00. The summed E-state index contributed by atoms with van der Waals surface area (Å²) in [6.07, 6.45) is 4.91. The largest absolute Gasteiger partial charge is 0.378 e. The van der Waals surface area contributed by atoms with Crippen molar-refractivity contribution in [3.63, 3.8) is 0 Å². The molecule has 1 unspecified atom stereocenters. The van der Waals surface area contributed by atoms with Crippen LogP contribution in [0, 0.1) is 11.8 Å². The first kappa shape index (κ1) is 9.13. The standard InChI is InChI=1S/C11H19NO2/c1-2-8(1)4-12-5-10-3-9-6-13-7-11(9)14-10/h8-12H,1-7H2/t9-,10?,11+/m0/s1. The van der Waals surface area contributed by atoms with E-state index in [4.69, 9.17) is 9.47 Å². The summed E-state index contributed by atoms with van der Waals surface area (Å²) >= 11 is 0. The predicted molar refractivity (Wildman–Crippen MR) is 53.2 cm³/mol. The van der Waals surface area contributed by atoms with Crippen molar-refractivity contribution in [2.45, 2.75) is 31.5 Å². The molecule has 1 N–H and O–H groups in total. The van der Waals surface area contributed by atoms with Crippen molar-refractivity contribution in [2.24, 2.45) is 11.8 Å². The molecule has 2 heterocycles. The van der Waals surface area contributed by atoms with Crippen LogP contribution in [0.4, 0.5) is 0 Å². The zero-order valence-electron chi connectivity index (χ0n) is 8.58. The van der Waals surface area contributed by atoms with Gasteiger partial charge in [-0.1, -0.05) is 0 Å². The summed E-state index contributed by atoms with van der Waals surface area (Å²) < 4.78 is 11.3. The van der Waals surface area contributed by atoms with Crippen LogP contribution in [-0.2, 0) is 9.47 Å². The van der Waals surface area contributed by atoms with Gasteiger partial charge in [0, 0.05) is 12.5 Å². The maximum atomic E-state index is 5.90. The molecule has 3 fully saturated rings. The smallest absolute Gasteiger partial charge is 0.0863 e. The second-order valence-corrected chi connectivity index (χ2v) is 4.93. The number of nitrogens with one attached hydrogen (secondary N) is 1. The van der Waals surface area contributed by atoms with Crippen molar-refractivity contribution in [3.05, 3.63) is 0 Å². The highest BCUT2D eigenvalue weighted by Gasteiger charge is 2.39. The van der Waals surface area contributed by atoms with Crippen LogP contribution in [-0.4, -0.2) is 38.5 Å². The summed E-state index contributed by atoms with van der Waals surface area (Å²) in [6.45, 7) is 3.99.